The van der Waals surface area contributed by atoms with Crippen molar-refractivity contribution in [1.29, 1.82) is 0 Å². The average Bonchev–Trinajstić information content (AvgIpc) is 1.88. The van der Waals surface area contributed by atoms with Crippen molar-refractivity contribution in [1.82, 2.24) is 0 Å². The first-order valence-corrected chi connectivity index (χ1v) is 2.80. The largest absolute Gasteiger partial charge is 0.399 e. The van der Waals surface area contributed by atoms with Crippen LogP contribution >= 0.6 is 0 Å². The molecule has 0 saturated heterocycles. The molecule has 0 aliphatic carbocycles. The third-order valence-electron chi connectivity index (χ3n) is 1.08. The van der Waals surface area contributed by atoms with Gasteiger partial charge in [-0.05, 0) is 24.1 Å². The second-order valence-electron chi connectivity index (χ2n) is 1.84. The predicted octanol–water partition coefficient (Wildman–Crippen LogP) is 1.55. The SMILES string of the molecule is Nc1cccc(C#CF)c1. The molecule has 0 radical (unpaired) electrons. The van der Waals surface area contributed by atoms with Crippen LogP contribution in [-0.2, 0) is 0 Å². The number of rotatable bonds is 0. The van der Waals surface area contributed by atoms with E-state index in [1.807, 2.05) is 0 Å². The maximum Gasteiger partial charge on any atom is 0.111 e. The summed E-state index contributed by atoms with van der Waals surface area (Å²) >= 11 is 0. The molecular formula is C8H6FN. The lowest BCUT2D eigenvalue weighted by Gasteiger charge is -1.90. The third-order valence-corrected chi connectivity index (χ3v) is 1.08. The van der Waals surface area contributed by atoms with Crippen LogP contribution in [-0.4, -0.2) is 0 Å². The van der Waals surface area contributed by atoms with Crippen molar-refractivity contribution in [3.63, 3.8) is 0 Å². The van der Waals surface area contributed by atoms with E-state index in [0.29, 0.717) is 11.3 Å². The fourth-order valence-electron chi connectivity index (χ4n) is 0.671. The summed E-state index contributed by atoms with van der Waals surface area (Å²) in [4.78, 5) is 0. The molecule has 2 N–H and O–H groups in total. The predicted molar refractivity (Wildman–Crippen MR) is 38.8 cm³/mol. The molecule has 0 unspecified atom stereocenters. The lowest BCUT2D eigenvalue weighted by Crippen LogP contribution is -1.83. The monoisotopic (exact) mass is 135 g/mol. The summed E-state index contributed by atoms with van der Waals surface area (Å²) in [6, 6.07) is 6.77. The fourth-order valence-corrected chi connectivity index (χ4v) is 0.671. The van der Waals surface area contributed by atoms with E-state index in [9.17, 15) is 4.39 Å². The van der Waals surface area contributed by atoms with Gasteiger partial charge in [-0.25, -0.2) is 0 Å². The standard InChI is InChI=1S/C8H6FN/c9-5-4-7-2-1-3-8(10)6-7/h1-3,6H,10H2. The highest BCUT2D eigenvalue weighted by atomic mass is 19.1. The lowest BCUT2D eigenvalue weighted by molar-refractivity contribution is 0.774. The first-order chi connectivity index (χ1) is 4.83. The Morgan fingerprint density at radius 3 is 2.80 bits per heavy atom. The summed E-state index contributed by atoms with van der Waals surface area (Å²) < 4.78 is 11.4. The number of benzene rings is 1. The van der Waals surface area contributed by atoms with E-state index in [1.165, 1.54) is 6.17 Å². The Balaban J connectivity index is 3.03. The molecule has 1 rings (SSSR count). The van der Waals surface area contributed by atoms with E-state index < -0.39 is 0 Å². The first kappa shape index (κ1) is 6.63. The number of halogens is 1. The van der Waals surface area contributed by atoms with Crippen molar-refractivity contribution in [2.24, 2.45) is 0 Å². The molecule has 0 aliphatic heterocycles. The Morgan fingerprint density at radius 1 is 1.40 bits per heavy atom. The number of nitrogens with two attached hydrogens (primary N) is 1. The van der Waals surface area contributed by atoms with Crippen molar-refractivity contribution < 1.29 is 4.39 Å². The zero-order chi connectivity index (χ0) is 7.40. The minimum atomic E-state index is 0.597. The van der Waals surface area contributed by atoms with E-state index in [-0.39, 0.29) is 0 Å². The molecular weight excluding hydrogens is 129 g/mol. The van der Waals surface area contributed by atoms with Gasteiger partial charge in [0.1, 0.15) is 6.17 Å². The Bertz CT molecular complexity index is 283. The number of hydrogen-bond donors (Lipinski definition) is 1. The molecule has 1 aromatic carbocycles. The van der Waals surface area contributed by atoms with Crippen LogP contribution in [0.2, 0.25) is 0 Å². The highest BCUT2D eigenvalue weighted by Crippen LogP contribution is 2.04. The average molecular weight is 135 g/mol. The zero-order valence-electron chi connectivity index (χ0n) is 5.26. The number of nitrogen functional groups attached to an aromatic ring is 1. The molecule has 0 aromatic heterocycles. The van der Waals surface area contributed by atoms with Crippen molar-refractivity contribution in [3.05, 3.63) is 29.8 Å². The summed E-state index contributed by atoms with van der Waals surface area (Å²) in [5.41, 5.74) is 6.60. The molecule has 0 saturated carbocycles. The molecule has 0 fully saturated rings. The van der Waals surface area contributed by atoms with Gasteiger partial charge in [0.2, 0.25) is 0 Å². The maximum atomic E-state index is 11.4. The van der Waals surface area contributed by atoms with Gasteiger partial charge in [-0.2, -0.15) is 0 Å². The summed E-state index contributed by atoms with van der Waals surface area (Å²) in [5, 5.41) is 0. The van der Waals surface area contributed by atoms with Crippen LogP contribution in [0.25, 0.3) is 0 Å². The van der Waals surface area contributed by atoms with Crippen LogP contribution in [0.1, 0.15) is 5.56 Å². The number of anilines is 1. The van der Waals surface area contributed by atoms with Crippen molar-refractivity contribution in [3.8, 4) is 12.1 Å². The van der Waals surface area contributed by atoms with E-state index in [2.05, 4.69) is 5.92 Å². The smallest absolute Gasteiger partial charge is 0.111 e. The maximum absolute atomic E-state index is 11.4. The summed E-state index contributed by atoms with van der Waals surface area (Å²) in [5.74, 6) is 2.25. The van der Waals surface area contributed by atoms with Crippen molar-refractivity contribution in [2.75, 3.05) is 5.73 Å². The van der Waals surface area contributed by atoms with Crippen LogP contribution < -0.4 is 5.73 Å². The van der Waals surface area contributed by atoms with Gasteiger partial charge in [0.05, 0.1) is 0 Å². The summed E-state index contributed by atoms with van der Waals surface area (Å²) in [6.07, 6.45) is 1.31. The Morgan fingerprint density at radius 2 is 2.20 bits per heavy atom. The van der Waals surface area contributed by atoms with Gasteiger partial charge >= 0.3 is 0 Å². The van der Waals surface area contributed by atoms with E-state index in [0.717, 1.165) is 0 Å². The molecule has 10 heavy (non-hydrogen) atoms. The third kappa shape index (κ3) is 1.49. The van der Waals surface area contributed by atoms with Gasteiger partial charge < -0.3 is 5.73 Å². The normalized spacial score (nSPS) is 8.10. The molecule has 0 heterocycles. The van der Waals surface area contributed by atoms with Gasteiger partial charge in [-0.3, -0.25) is 0 Å². The quantitative estimate of drug-likeness (QED) is 0.424. The molecule has 0 atom stereocenters. The Hall–Kier alpha value is -1.49. The fraction of sp³-hybridized carbons (Fsp3) is 0. The van der Waals surface area contributed by atoms with Crippen LogP contribution in [0, 0.1) is 12.1 Å². The van der Waals surface area contributed by atoms with Crippen LogP contribution in [0.15, 0.2) is 24.3 Å². The van der Waals surface area contributed by atoms with Crippen molar-refractivity contribution in [2.45, 2.75) is 0 Å². The van der Waals surface area contributed by atoms with Crippen LogP contribution in [0.3, 0.4) is 0 Å². The van der Waals surface area contributed by atoms with Gasteiger partial charge in [0.15, 0.2) is 0 Å². The highest BCUT2D eigenvalue weighted by molar-refractivity contribution is 5.46. The van der Waals surface area contributed by atoms with Crippen LogP contribution in [0.4, 0.5) is 10.1 Å². The van der Waals surface area contributed by atoms with Crippen molar-refractivity contribution >= 4 is 5.69 Å². The molecule has 1 nitrogen and oxygen atoms in total. The summed E-state index contributed by atoms with van der Waals surface area (Å²) in [7, 11) is 0. The lowest BCUT2D eigenvalue weighted by atomic mass is 10.2. The first-order valence-electron chi connectivity index (χ1n) is 2.80. The van der Waals surface area contributed by atoms with Gasteiger partial charge in [-0.15, -0.1) is 4.39 Å². The Labute approximate surface area is 58.7 Å². The topological polar surface area (TPSA) is 26.0 Å². The number of hydrogen-bond acceptors (Lipinski definition) is 1. The molecule has 1 aromatic rings. The molecule has 0 spiro atoms. The van der Waals surface area contributed by atoms with Gasteiger partial charge in [-0.1, -0.05) is 6.07 Å². The molecule has 2 heteroatoms. The van der Waals surface area contributed by atoms with Gasteiger partial charge in [0, 0.05) is 11.3 Å². The molecule has 0 aliphatic rings. The summed E-state index contributed by atoms with van der Waals surface area (Å²) in [6.45, 7) is 0. The van der Waals surface area contributed by atoms with E-state index in [4.69, 9.17) is 5.73 Å². The minimum absolute atomic E-state index is 0.597. The second kappa shape index (κ2) is 2.88. The van der Waals surface area contributed by atoms with E-state index >= 15 is 0 Å². The second-order valence-corrected chi connectivity index (χ2v) is 1.84. The molecule has 0 amide bonds. The minimum Gasteiger partial charge on any atom is -0.399 e. The van der Waals surface area contributed by atoms with E-state index in [1.54, 1.807) is 24.3 Å². The van der Waals surface area contributed by atoms with Crippen LogP contribution in [0.5, 0.6) is 0 Å². The molecule has 0 bridgehead atoms. The highest BCUT2D eigenvalue weighted by Gasteiger charge is 1.85. The zero-order valence-corrected chi connectivity index (χ0v) is 5.26. The van der Waals surface area contributed by atoms with Gasteiger partial charge in [0.25, 0.3) is 0 Å². The Kier molecular flexibility index (Phi) is 1.91. The molecule has 50 valence electrons.